The van der Waals surface area contributed by atoms with Gasteiger partial charge in [-0.15, -0.1) is 0 Å². The minimum atomic E-state index is -1.28. The third kappa shape index (κ3) is 4.00. The molecule has 3 rings (SSSR count). The van der Waals surface area contributed by atoms with E-state index in [-0.39, 0.29) is 0 Å². The summed E-state index contributed by atoms with van der Waals surface area (Å²) in [6.07, 6.45) is 0. The van der Waals surface area contributed by atoms with Gasteiger partial charge in [0.25, 0.3) is 0 Å². The summed E-state index contributed by atoms with van der Waals surface area (Å²) in [5, 5.41) is 1.04. The molecule has 0 spiro atoms. The predicted molar refractivity (Wildman–Crippen MR) is 95.2 cm³/mol. The number of hydrogen-bond donors (Lipinski definition) is 0. The maximum atomic E-state index is 5.09. The first kappa shape index (κ1) is 14.9. The molecule has 0 aromatic heterocycles. The van der Waals surface area contributed by atoms with Gasteiger partial charge in [-0.3, -0.25) is 0 Å². The molecule has 0 bridgehead atoms. The molecule has 2 heteroatoms. The van der Waals surface area contributed by atoms with Crippen molar-refractivity contribution in [2.45, 2.75) is 12.2 Å². The third-order valence-electron chi connectivity index (χ3n) is 3.41. The molecule has 0 saturated heterocycles. The van der Waals surface area contributed by atoms with Gasteiger partial charge in [0.05, 0.1) is 0 Å². The first-order valence-corrected chi connectivity index (χ1v) is 10.2. The van der Waals surface area contributed by atoms with E-state index in [1.807, 2.05) is 0 Å². The fraction of sp³-hybridized carbons (Fsp3) is 0.100. The number of hydrogen-bond acceptors (Lipinski definition) is 1. The van der Waals surface area contributed by atoms with E-state index in [2.05, 4.69) is 91.9 Å². The molecule has 110 valence electrons. The SMILES string of the molecule is Cc1ccc(N=[Se](Cc2ccccc2)c2ccccc2)cc1. The van der Waals surface area contributed by atoms with E-state index < -0.39 is 13.7 Å². The second kappa shape index (κ2) is 7.31. The summed E-state index contributed by atoms with van der Waals surface area (Å²) in [5.41, 5.74) is 3.74. The molecular formula is C20H19NSe. The summed E-state index contributed by atoms with van der Waals surface area (Å²) in [7, 11) is 0. The van der Waals surface area contributed by atoms with Crippen LogP contribution in [0.15, 0.2) is 88.9 Å². The molecule has 0 saturated carbocycles. The average Bonchev–Trinajstić information content (AvgIpc) is 2.58. The van der Waals surface area contributed by atoms with Crippen LogP contribution in [0.5, 0.6) is 0 Å². The predicted octanol–water partition coefficient (Wildman–Crippen LogP) is 4.58. The second-order valence-electron chi connectivity index (χ2n) is 5.23. The van der Waals surface area contributed by atoms with Gasteiger partial charge in [-0.2, -0.15) is 0 Å². The number of aryl methyl sites for hydroxylation is 1. The zero-order chi connectivity index (χ0) is 15.2. The molecule has 3 aromatic rings. The van der Waals surface area contributed by atoms with Crippen molar-refractivity contribution in [3.05, 3.63) is 96.1 Å². The molecule has 0 fully saturated rings. The molecular weight excluding hydrogens is 333 g/mol. The minimum absolute atomic E-state index is 1.04. The molecule has 3 aromatic carbocycles. The van der Waals surface area contributed by atoms with Crippen molar-refractivity contribution in [3.8, 4) is 0 Å². The number of nitrogens with zero attached hydrogens (tertiary/aromatic N) is 1. The van der Waals surface area contributed by atoms with Crippen LogP contribution >= 0.6 is 0 Å². The van der Waals surface area contributed by atoms with Crippen LogP contribution in [-0.4, -0.2) is 13.7 Å². The van der Waals surface area contributed by atoms with E-state index in [4.69, 9.17) is 3.96 Å². The Hall–Kier alpha value is -2.02. The van der Waals surface area contributed by atoms with Crippen LogP contribution in [0, 0.1) is 6.92 Å². The molecule has 0 N–H and O–H groups in total. The van der Waals surface area contributed by atoms with Gasteiger partial charge in [-0.1, -0.05) is 0 Å². The number of benzene rings is 3. The van der Waals surface area contributed by atoms with Crippen molar-refractivity contribution in [1.29, 1.82) is 0 Å². The molecule has 0 heterocycles. The van der Waals surface area contributed by atoms with E-state index in [1.165, 1.54) is 15.6 Å². The Balaban J connectivity index is 1.97. The molecule has 1 nitrogen and oxygen atoms in total. The average molecular weight is 352 g/mol. The van der Waals surface area contributed by atoms with E-state index in [0.29, 0.717) is 0 Å². The summed E-state index contributed by atoms with van der Waals surface area (Å²) < 4.78 is 6.47. The van der Waals surface area contributed by atoms with Crippen molar-refractivity contribution < 1.29 is 0 Å². The van der Waals surface area contributed by atoms with Gasteiger partial charge in [-0.25, -0.2) is 0 Å². The van der Waals surface area contributed by atoms with Crippen LogP contribution in [-0.2, 0) is 5.32 Å². The van der Waals surface area contributed by atoms with Crippen LogP contribution < -0.4 is 4.46 Å². The molecule has 0 radical (unpaired) electrons. The van der Waals surface area contributed by atoms with E-state index >= 15 is 0 Å². The Morgan fingerprint density at radius 3 is 1.95 bits per heavy atom. The summed E-state index contributed by atoms with van der Waals surface area (Å²) in [4.78, 5) is 0. The van der Waals surface area contributed by atoms with Crippen molar-refractivity contribution in [2.75, 3.05) is 0 Å². The molecule has 1 atom stereocenters. The Morgan fingerprint density at radius 1 is 0.727 bits per heavy atom. The summed E-state index contributed by atoms with van der Waals surface area (Å²) in [5.74, 6) is 0. The third-order valence-corrected chi connectivity index (χ3v) is 7.30. The fourth-order valence-electron chi connectivity index (χ4n) is 2.21. The Kier molecular flexibility index (Phi) is 4.95. The first-order valence-electron chi connectivity index (χ1n) is 7.40. The van der Waals surface area contributed by atoms with Crippen molar-refractivity contribution in [2.24, 2.45) is 3.96 Å². The number of rotatable bonds is 4. The Morgan fingerprint density at radius 2 is 1.32 bits per heavy atom. The zero-order valence-corrected chi connectivity index (χ0v) is 14.4. The molecule has 0 aliphatic rings. The Bertz CT molecular complexity index is 747. The first-order chi connectivity index (χ1) is 10.8. The van der Waals surface area contributed by atoms with E-state index in [9.17, 15) is 0 Å². The summed E-state index contributed by atoms with van der Waals surface area (Å²) in [6, 6.07) is 29.9. The quantitative estimate of drug-likeness (QED) is 0.610. The van der Waals surface area contributed by atoms with E-state index in [1.54, 1.807) is 0 Å². The summed E-state index contributed by atoms with van der Waals surface area (Å²) >= 11 is -1.28. The van der Waals surface area contributed by atoms with Crippen LogP contribution in [0.25, 0.3) is 0 Å². The van der Waals surface area contributed by atoms with Crippen LogP contribution in [0.2, 0.25) is 0 Å². The zero-order valence-electron chi connectivity index (χ0n) is 12.6. The van der Waals surface area contributed by atoms with Gasteiger partial charge in [0, 0.05) is 0 Å². The van der Waals surface area contributed by atoms with Crippen LogP contribution in [0.1, 0.15) is 11.1 Å². The van der Waals surface area contributed by atoms with Gasteiger partial charge in [0.2, 0.25) is 0 Å². The summed E-state index contributed by atoms with van der Waals surface area (Å²) in [6.45, 7) is 2.11. The standard InChI is InChI=1S/C20H19NSe/c1-17-12-14-19(15-13-17)21-22(20-10-6-3-7-11-20)16-18-8-4-2-5-9-18/h2-15H,16H2,1H3. The van der Waals surface area contributed by atoms with Crippen molar-refractivity contribution in [3.63, 3.8) is 0 Å². The molecule has 0 amide bonds. The van der Waals surface area contributed by atoms with Gasteiger partial charge in [-0.05, 0) is 0 Å². The van der Waals surface area contributed by atoms with Gasteiger partial charge in [0.15, 0.2) is 0 Å². The van der Waals surface area contributed by atoms with Gasteiger partial charge < -0.3 is 0 Å². The normalized spacial score (nSPS) is 12.2. The second-order valence-corrected chi connectivity index (χ2v) is 8.74. The topological polar surface area (TPSA) is 12.4 Å². The van der Waals surface area contributed by atoms with E-state index in [0.717, 1.165) is 11.0 Å². The van der Waals surface area contributed by atoms with Crippen molar-refractivity contribution in [1.82, 2.24) is 0 Å². The van der Waals surface area contributed by atoms with Crippen LogP contribution in [0.4, 0.5) is 5.69 Å². The molecule has 0 aliphatic carbocycles. The van der Waals surface area contributed by atoms with Gasteiger partial charge in [0.1, 0.15) is 0 Å². The molecule has 0 aliphatic heterocycles. The van der Waals surface area contributed by atoms with Crippen LogP contribution in [0.3, 0.4) is 0 Å². The fourth-order valence-corrected chi connectivity index (χ4v) is 5.76. The Labute approximate surface area is 136 Å². The monoisotopic (exact) mass is 353 g/mol. The van der Waals surface area contributed by atoms with Gasteiger partial charge >= 0.3 is 136 Å². The molecule has 22 heavy (non-hydrogen) atoms. The maximum absolute atomic E-state index is 5.09. The molecule has 1 unspecified atom stereocenters. The van der Waals surface area contributed by atoms with Crippen molar-refractivity contribution >= 4 is 23.9 Å².